The van der Waals surface area contributed by atoms with E-state index in [2.05, 4.69) is 15.4 Å². The molecule has 0 bridgehead atoms. The Balaban J connectivity index is 1.53. The highest BCUT2D eigenvalue weighted by atomic mass is 32.1. The number of benzene rings is 3. The Morgan fingerprint density at radius 2 is 1.90 bits per heavy atom. The van der Waals surface area contributed by atoms with Crippen LogP contribution >= 0.6 is 11.3 Å². The number of nitrogens with zero attached hydrogens (tertiary/aromatic N) is 3. The van der Waals surface area contributed by atoms with Gasteiger partial charge in [-0.2, -0.15) is 9.78 Å². The van der Waals surface area contributed by atoms with E-state index in [4.69, 9.17) is 4.74 Å². The van der Waals surface area contributed by atoms with Crippen LogP contribution in [-0.2, 0) is 0 Å². The van der Waals surface area contributed by atoms with Gasteiger partial charge in [-0.3, -0.25) is 4.79 Å². The number of fused-ring (bicyclic) bond motifs is 2. The number of rotatable bonds is 4. The van der Waals surface area contributed by atoms with Crippen molar-refractivity contribution in [2.75, 3.05) is 12.4 Å². The van der Waals surface area contributed by atoms with Gasteiger partial charge in [0, 0.05) is 11.6 Å². The fourth-order valence-corrected chi connectivity index (χ4v) is 4.41. The van der Waals surface area contributed by atoms with E-state index in [1.165, 1.54) is 11.3 Å². The summed E-state index contributed by atoms with van der Waals surface area (Å²) in [5, 5.41) is 10.2. The molecular formula is C23H18N4O2S. The molecule has 30 heavy (non-hydrogen) atoms. The normalized spacial score (nSPS) is 11.1. The second-order valence-electron chi connectivity index (χ2n) is 6.89. The van der Waals surface area contributed by atoms with Gasteiger partial charge in [0.25, 0.3) is 5.91 Å². The van der Waals surface area contributed by atoms with Crippen molar-refractivity contribution in [3.63, 3.8) is 0 Å². The Hall–Kier alpha value is -3.71. The topological polar surface area (TPSA) is 69.0 Å². The first kappa shape index (κ1) is 18.3. The summed E-state index contributed by atoms with van der Waals surface area (Å²) in [4.78, 5) is 17.8. The van der Waals surface area contributed by atoms with Crippen LogP contribution in [0.5, 0.6) is 5.75 Å². The fraction of sp³-hybridized carbons (Fsp3) is 0.0870. The minimum Gasteiger partial charge on any atom is -0.497 e. The Labute approximate surface area is 176 Å². The Morgan fingerprint density at radius 1 is 1.07 bits per heavy atom. The predicted molar refractivity (Wildman–Crippen MR) is 120 cm³/mol. The molecule has 3 aromatic carbocycles. The molecule has 2 heterocycles. The molecule has 0 saturated carbocycles. The zero-order valence-corrected chi connectivity index (χ0v) is 17.2. The standard InChI is InChI=1S/C23H18N4O2S/c1-14-12-21(25-22(28)18-9-5-7-15-6-3-4-8-17(15)18)27(26-14)23-24-19-11-10-16(29-2)13-20(19)30-23/h3-13H,1-2H3,(H,25,28). The maximum Gasteiger partial charge on any atom is 0.257 e. The lowest BCUT2D eigenvalue weighted by molar-refractivity contribution is 0.102. The maximum absolute atomic E-state index is 13.1. The van der Waals surface area contributed by atoms with Crippen molar-refractivity contribution in [1.82, 2.24) is 14.8 Å². The minimum atomic E-state index is -0.185. The summed E-state index contributed by atoms with van der Waals surface area (Å²) in [7, 11) is 1.64. The number of methoxy groups -OCH3 is 1. The number of amides is 1. The molecule has 7 heteroatoms. The third-order valence-electron chi connectivity index (χ3n) is 4.87. The summed E-state index contributed by atoms with van der Waals surface area (Å²) < 4.78 is 7.97. The van der Waals surface area contributed by atoms with E-state index >= 15 is 0 Å². The van der Waals surface area contributed by atoms with E-state index in [0.29, 0.717) is 16.5 Å². The third-order valence-corrected chi connectivity index (χ3v) is 5.87. The average molecular weight is 414 g/mol. The first-order chi connectivity index (χ1) is 14.6. The monoisotopic (exact) mass is 414 g/mol. The summed E-state index contributed by atoms with van der Waals surface area (Å²) >= 11 is 1.49. The van der Waals surface area contributed by atoms with Crippen molar-refractivity contribution in [3.05, 3.63) is 78.0 Å². The number of nitrogens with one attached hydrogen (secondary N) is 1. The molecule has 1 amide bonds. The van der Waals surface area contributed by atoms with E-state index in [0.717, 1.165) is 32.4 Å². The van der Waals surface area contributed by atoms with E-state index < -0.39 is 0 Å². The van der Waals surface area contributed by atoms with Crippen molar-refractivity contribution < 1.29 is 9.53 Å². The number of thiazole rings is 1. The Bertz CT molecular complexity index is 1400. The molecule has 0 aliphatic carbocycles. The second-order valence-corrected chi connectivity index (χ2v) is 7.90. The molecule has 0 atom stereocenters. The van der Waals surface area contributed by atoms with Gasteiger partial charge in [-0.05, 0) is 42.0 Å². The van der Waals surface area contributed by atoms with E-state index in [1.54, 1.807) is 11.8 Å². The minimum absolute atomic E-state index is 0.185. The zero-order chi connectivity index (χ0) is 20.7. The van der Waals surface area contributed by atoms with Crippen LogP contribution in [0, 0.1) is 6.92 Å². The lowest BCUT2D eigenvalue weighted by atomic mass is 10.0. The smallest absolute Gasteiger partial charge is 0.257 e. The van der Waals surface area contributed by atoms with Gasteiger partial charge in [0.05, 0.1) is 23.0 Å². The van der Waals surface area contributed by atoms with Crippen LogP contribution in [-0.4, -0.2) is 27.8 Å². The molecule has 1 N–H and O–H groups in total. The van der Waals surface area contributed by atoms with Gasteiger partial charge in [-0.15, -0.1) is 0 Å². The van der Waals surface area contributed by atoms with Crippen LogP contribution in [0.25, 0.3) is 26.1 Å². The summed E-state index contributed by atoms with van der Waals surface area (Å²) in [5.74, 6) is 1.17. The average Bonchev–Trinajstić information content (AvgIpc) is 3.35. The first-order valence-corrected chi connectivity index (χ1v) is 10.2. The molecule has 0 unspecified atom stereocenters. The number of hydrogen-bond donors (Lipinski definition) is 1. The summed E-state index contributed by atoms with van der Waals surface area (Å²) in [6, 6.07) is 21.1. The second kappa shape index (κ2) is 7.27. The molecule has 0 saturated heterocycles. The largest absolute Gasteiger partial charge is 0.497 e. The molecule has 0 aliphatic rings. The highest BCUT2D eigenvalue weighted by Gasteiger charge is 2.17. The molecule has 148 valence electrons. The first-order valence-electron chi connectivity index (χ1n) is 9.43. The molecule has 0 fully saturated rings. The lowest BCUT2D eigenvalue weighted by Gasteiger charge is -2.09. The van der Waals surface area contributed by atoms with Crippen molar-refractivity contribution in [2.45, 2.75) is 6.92 Å². The number of carbonyl (C=O) groups is 1. The quantitative estimate of drug-likeness (QED) is 0.439. The van der Waals surface area contributed by atoms with Crippen molar-refractivity contribution in [1.29, 1.82) is 0 Å². The zero-order valence-electron chi connectivity index (χ0n) is 16.4. The van der Waals surface area contributed by atoms with Crippen molar-refractivity contribution in [2.24, 2.45) is 0 Å². The van der Waals surface area contributed by atoms with Gasteiger partial charge in [-0.25, -0.2) is 4.98 Å². The molecule has 0 aliphatic heterocycles. The molecule has 5 rings (SSSR count). The fourth-order valence-electron chi connectivity index (χ4n) is 3.45. The van der Waals surface area contributed by atoms with Gasteiger partial charge >= 0.3 is 0 Å². The van der Waals surface area contributed by atoms with Gasteiger partial charge in [0.1, 0.15) is 11.6 Å². The Morgan fingerprint density at radius 3 is 2.77 bits per heavy atom. The third kappa shape index (κ3) is 3.19. The van der Waals surface area contributed by atoms with Crippen LogP contribution in [0.1, 0.15) is 16.1 Å². The van der Waals surface area contributed by atoms with Crippen LogP contribution in [0.2, 0.25) is 0 Å². The predicted octanol–water partition coefficient (Wildman–Crippen LogP) is 5.20. The van der Waals surface area contributed by atoms with E-state index in [-0.39, 0.29) is 5.91 Å². The van der Waals surface area contributed by atoms with Gasteiger partial charge in [-0.1, -0.05) is 47.7 Å². The van der Waals surface area contributed by atoms with Gasteiger partial charge in [0.15, 0.2) is 0 Å². The van der Waals surface area contributed by atoms with Crippen LogP contribution in [0.3, 0.4) is 0 Å². The summed E-state index contributed by atoms with van der Waals surface area (Å²) in [6.07, 6.45) is 0. The van der Waals surface area contributed by atoms with Crippen molar-refractivity contribution in [3.8, 4) is 10.9 Å². The molecule has 5 aromatic rings. The van der Waals surface area contributed by atoms with Gasteiger partial charge in [0.2, 0.25) is 5.13 Å². The highest BCUT2D eigenvalue weighted by molar-refractivity contribution is 7.20. The molecule has 6 nitrogen and oxygen atoms in total. The number of ether oxygens (including phenoxy) is 1. The molecule has 0 spiro atoms. The summed E-state index contributed by atoms with van der Waals surface area (Å²) in [5.41, 5.74) is 2.27. The van der Waals surface area contributed by atoms with Crippen LogP contribution < -0.4 is 10.1 Å². The van der Waals surface area contributed by atoms with Crippen molar-refractivity contribution >= 4 is 44.1 Å². The SMILES string of the molecule is COc1ccc2nc(-n3nc(C)cc3NC(=O)c3cccc4ccccc34)sc2c1. The number of aromatic nitrogens is 3. The molecular weight excluding hydrogens is 396 g/mol. The highest BCUT2D eigenvalue weighted by Crippen LogP contribution is 2.30. The maximum atomic E-state index is 13.1. The number of carbonyl (C=O) groups excluding carboxylic acids is 1. The van der Waals surface area contributed by atoms with Gasteiger partial charge < -0.3 is 10.1 Å². The number of aryl methyl sites for hydroxylation is 1. The lowest BCUT2D eigenvalue weighted by Crippen LogP contribution is -2.15. The van der Waals surface area contributed by atoms with E-state index in [1.807, 2.05) is 73.7 Å². The van der Waals surface area contributed by atoms with Crippen LogP contribution in [0.4, 0.5) is 5.82 Å². The van der Waals surface area contributed by atoms with Crippen LogP contribution in [0.15, 0.2) is 66.7 Å². The molecule has 2 aromatic heterocycles. The molecule has 0 radical (unpaired) electrons. The number of hydrogen-bond acceptors (Lipinski definition) is 5. The van der Waals surface area contributed by atoms with E-state index in [9.17, 15) is 4.79 Å². The number of anilines is 1. The summed E-state index contributed by atoms with van der Waals surface area (Å²) in [6.45, 7) is 1.89. The Kier molecular flexibility index (Phi) is 4.44.